The van der Waals surface area contributed by atoms with Gasteiger partial charge in [0, 0.05) is 25.4 Å². The number of anilines is 1. The zero-order valence-electron chi connectivity index (χ0n) is 11.1. The van der Waals surface area contributed by atoms with Crippen LogP contribution in [-0.4, -0.2) is 42.7 Å². The predicted octanol–water partition coefficient (Wildman–Crippen LogP) is 1.12. The molecule has 3 N–H and O–H groups in total. The number of carbonyl (C=O) groups is 1. The third-order valence-corrected chi connectivity index (χ3v) is 3.65. The number of ether oxygens (including phenoxy) is 1. The number of methoxy groups -OCH3 is 1. The lowest BCUT2D eigenvalue weighted by molar-refractivity contribution is 0.0649. The number of benzene rings is 1. The average molecular weight is 264 g/mol. The summed E-state index contributed by atoms with van der Waals surface area (Å²) in [4.78, 5) is 14.3. The zero-order chi connectivity index (χ0) is 13.8. The first-order valence-corrected chi connectivity index (χ1v) is 6.50. The molecule has 0 aromatic heterocycles. The maximum atomic E-state index is 12.5. The van der Waals surface area contributed by atoms with Crippen LogP contribution in [0.25, 0.3) is 0 Å². The van der Waals surface area contributed by atoms with Crippen LogP contribution in [0.15, 0.2) is 18.2 Å². The topological polar surface area (TPSA) is 75.8 Å². The molecular weight excluding hydrogens is 244 g/mol. The summed E-state index contributed by atoms with van der Waals surface area (Å²) in [5, 5.41) is 9.12. The molecule has 0 bridgehead atoms. The van der Waals surface area contributed by atoms with Gasteiger partial charge in [-0.2, -0.15) is 0 Å². The molecule has 1 fully saturated rings. The van der Waals surface area contributed by atoms with Gasteiger partial charge < -0.3 is 20.5 Å². The molecule has 19 heavy (non-hydrogen) atoms. The van der Waals surface area contributed by atoms with Crippen molar-refractivity contribution >= 4 is 11.6 Å². The van der Waals surface area contributed by atoms with Crippen molar-refractivity contribution in [1.29, 1.82) is 0 Å². The molecule has 1 heterocycles. The van der Waals surface area contributed by atoms with Crippen LogP contribution < -0.4 is 10.5 Å². The van der Waals surface area contributed by atoms with E-state index in [0.29, 0.717) is 36.0 Å². The number of nitrogens with two attached hydrogens (primary N) is 1. The molecule has 0 atom stereocenters. The maximum absolute atomic E-state index is 12.5. The fourth-order valence-corrected chi connectivity index (χ4v) is 2.42. The Morgan fingerprint density at radius 2 is 2.16 bits per heavy atom. The molecule has 1 amide bonds. The Morgan fingerprint density at radius 1 is 1.47 bits per heavy atom. The van der Waals surface area contributed by atoms with E-state index in [0.717, 1.165) is 12.8 Å². The molecule has 0 spiro atoms. The summed E-state index contributed by atoms with van der Waals surface area (Å²) in [6.45, 7) is 1.50. The number of nitrogen functional groups attached to an aromatic ring is 1. The number of likely N-dealkylation sites (tertiary alicyclic amines) is 1. The second-order valence-electron chi connectivity index (χ2n) is 4.84. The van der Waals surface area contributed by atoms with Crippen molar-refractivity contribution < 1.29 is 14.6 Å². The predicted molar refractivity (Wildman–Crippen MR) is 73.1 cm³/mol. The van der Waals surface area contributed by atoms with E-state index < -0.39 is 0 Å². The fourth-order valence-electron chi connectivity index (χ4n) is 2.42. The molecule has 0 radical (unpaired) electrons. The van der Waals surface area contributed by atoms with E-state index in [1.54, 1.807) is 23.1 Å². The first-order valence-electron chi connectivity index (χ1n) is 6.50. The van der Waals surface area contributed by atoms with Gasteiger partial charge in [0.1, 0.15) is 11.3 Å². The molecule has 1 aliphatic heterocycles. The van der Waals surface area contributed by atoms with Crippen molar-refractivity contribution in [2.45, 2.75) is 12.8 Å². The lowest BCUT2D eigenvalue weighted by atomic mass is 9.97. The van der Waals surface area contributed by atoms with Crippen molar-refractivity contribution in [3.63, 3.8) is 0 Å². The zero-order valence-corrected chi connectivity index (χ0v) is 11.1. The second-order valence-corrected chi connectivity index (χ2v) is 4.84. The highest BCUT2D eigenvalue weighted by Crippen LogP contribution is 2.27. The number of rotatable bonds is 3. The van der Waals surface area contributed by atoms with Gasteiger partial charge in [0.2, 0.25) is 0 Å². The maximum Gasteiger partial charge on any atom is 0.259 e. The number of amides is 1. The van der Waals surface area contributed by atoms with Gasteiger partial charge in [-0.05, 0) is 30.9 Å². The van der Waals surface area contributed by atoms with Crippen molar-refractivity contribution in [2.75, 3.05) is 32.5 Å². The SMILES string of the molecule is COc1cccc(N)c1C(=O)N1CCC(CO)CC1. The van der Waals surface area contributed by atoms with Gasteiger partial charge >= 0.3 is 0 Å². The largest absolute Gasteiger partial charge is 0.496 e. The standard InChI is InChI=1S/C14H20N2O3/c1-19-12-4-2-3-11(15)13(12)14(18)16-7-5-10(9-17)6-8-16/h2-4,10,17H,5-9,15H2,1H3. The quantitative estimate of drug-likeness (QED) is 0.802. The van der Waals surface area contributed by atoms with Crippen LogP contribution >= 0.6 is 0 Å². The normalized spacial score (nSPS) is 16.4. The summed E-state index contributed by atoms with van der Waals surface area (Å²) in [7, 11) is 1.53. The van der Waals surface area contributed by atoms with Crippen molar-refractivity contribution in [3.05, 3.63) is 23.8 Å². The molecule has 0 unspecified atom stereocenters. The Hall–Kier alpha value is -1.75. The van der Waals surface area contributed by atoms with Gasteiger partial charge in [0.05, 0.1) is 7.11 Å². The summed E-state index contributed by atoms with van der Waals surface area (Å²) in [6.07, 6.45) is 1.66. The van der Waals surface area contributed by atoms with Gasteiger partial charge in [-0.3, -0.25) is 4.79 Å². The third-order valence-electron chi connectivity index (χ3n) is 3.65. The molecule has 5 nitrogen and oxygen atoms in total. The van der Waals surface area contributed by atoms with Crippen LogP contribution in [-0.2, 0) is 0 Å². The van der Waals surface area contributed by atoms with Crippen LogP contribution in [0, 0.1) is 5.92 Å². The number of hydrogen-bond acceptors (Lipinski definition) is 4. The van der Waals surface area contributed by atoms with Gasteiger partial charge in [-0.1, -0.05) is 6.07 Å². The van der Waals surface area contributed by atoms with E-state index in [1.165, 1.54) is 7.11 Å². The fraction of sp³-hybridized carbons (Fsp3) is 0.500. The summed E-state index contributed by atoms with van der Waals surface area (Å²) in [5.41, 5.74) is 6.77. The minimum Gasteiger partial charge on any atom is -0.496 e. The summed E-state index contributed by atoms with van der Waals surface area (Å²) >= 11 is 0. The summed E-state index contributed by atoms with van der Waals surface area (Å²) < 4.78 is 5.21. The smallest absolute Gasteiger partial charge is 0.259 e. The van der Waals surface area contributed by atoms with Crippen LogP contribution in [0.4, 0.5) is 5.69 Å². The highest BCUT2D eigenvalue weighted by atomic mass is 16.5. The first kappa shape index (κ1) is 13.7. The van der Waals surface area contributed by atoms with E-state index in [-0.39, 0.29) is 12.5 Å². The Bertz CT molecular complexity index is 454. The van der Waals surface area contributed by atoms with E-state index in [4.69, 9.17) is 15.6 Å². The number of aliphatic hydroxyl groups excluding tert-OH is 1. The summed E-state index contributed by atoms with van der Waals surface area (Å²) in [6, 6.07) is 5.21. The van der Waals surface area contributed by atoms with E-state index >= 15 is 0 Å². The Morgan fingerprint density at radius 3 is 2.74 bits per heavy atom. The van der Waals surface area contributed by atoms with Gasteiger partial charge in [0.25, 0.3) is 5.91 Å². The van der Waals surface area contributed by atoms with Crippen molar-refractivity contribution in [2.24, 2.45) is 5.92 Å². The van der Waals surface area contributed by atoms with E-state index in [1.807, 2.05) is 0 Å². The van der Waals surface area contributed by atoms with E-state index in [9.17, 15) is 4.79 Å². The molecule has 1 saturated heterocycles. The molecule has 1 aliphatic rings. The van der Waals surface area contributed by atoms with Gasteiger partial charge in [-0.15, -0.1) is 0 Å². The summed E-state index contributed by atoms with van der Waals surface area (Å²) in [5.74, 6) is 0.722. The average Bonchev–Trinajstić information content (AvgIpc) is 2.46. The molecule has 1 aromatic carbocycles. The van der Waals surface area contributed by atoms with Crippen LogP contribution in [0.3, 0.4) is 0 Å². The second kappa shape index (κ2) is 5.93. The van der Waals surface area contributed by atoms with Crippen LogP contribution in [0.2, 0.25) is 0 Å². The van der Waals surface area contributed by atoms with Gasteiger partial charge in [-0.25, -0.2) is 0 Å². The minimum atomic E-state index is -0.0914. The lowest BCUT2D eigenvalue weighted by Gasteiger charge is -2.31. The number of aliphatic hydroxyl groups is 1. The molecular formula is C14H20N2O3. The van der Waals surface area contributed by atoms with Crippen LogP contribution in [0.1, 0.15) is 23.2 Å². The van der Waals surface area contributed by atoms with Crippen molar-refractivity contribution in [1.82, 2.24) is 4.90 Å². The Kier molecular flexibility index (Phi) is 4.27. The molecule has 104 valence electrons. The van der Waals surface area contributed by atoms with Crippen LogP contribution in [0.5, 0.6) is 5.75 Å². The molecule has 5 heteroatoms. The first-order chi connectivity index (χ1) is 9.17. The van der Waals surface area contributed by atoms with Gasteiger partial charge in [0.15, 0.2) is 0 Å². The highest BCUT2D eigenvalue weighted by molar-refractivity contribution is 6.01. The number of hydrogen-bond donors (Lipinski definition) is 2. The minimum absolute atomic E-state index is 0.0914. The Labute approximate surface area is 113 Å². The highest BCUT2D eigenvalue weighted by Gasteiger charge is 2.26. The molecule has 2 rings (SSSR count). The van der Waals surface area contributed by atoms with Crippen molar-refractivity contribution in [3.8, 4) is 5.75 Å². The lowest BCUT2D eigenvalue weighted by Crippen LogP contribution is -2.39. The van der Waals surface area contributed by atoms with E-state index in [2.05, 4.69) is 0 Å². The number of piperidine rings is 1. The number of carbonyl (C=O) groups excluding carboxylic acids is 1. The molecule has 1 aromatic rings. The molecule has 0 aliphatic carbocycles. The molecule has 0 saturated carbocycles. The number of nitrogens with zero attached hydrogens (tertiary/aromatic N) is 1. The Balaban J connectivity index is 2.16. The third kappa shape index (κ3) is 2.81. The monoisotopic (exact) mass is 264 g/mol.